The molecule has 0 radical (unpaired) electrons. The van der Waals surface area contributed by atoms with Crippen LogP contribution >= 0.6 is 11.3 Å². The molecule has 2 rings (SSSR count). The highest BCUT2D eigenvalue weighted by Crippen LogP contribution is 2.20. The van der Waals surface area contributed by atoms with Crippen molar-refractivity contribution in [3.8, 4) is 5.75 Å². The van der Waals surface area contributed by atoms with E-state index >= 15 is 0 Å². The van der Waals surface area contributed by atoms with Crippen molar-refractivity contribution in [3.05, 3.63) is 40.9 Å². The Bertz CT molecular complexity index is 511. The zero-order valence-electron chi connectivity index (χ0n) is 11.6. The SMILES string of the molecule is CCCNc1ncc(COc2ccc(CCO)cc2)s1. The summed E-state index contributed by atoms with van der Waals surface area (Å²) in [7, 11) is 0. The Labute approximate surface area is 123 Å². The summed E-state index contributed by atoms with van der Waals surface area (Å²) >= 11 is 1.62. The van der Waals surface area contributed by atoms with Crippen LogP contribution in [0.2, 0.25) is 0 Å². The molecule has 0 amide bonds. The van der Waals surface area contributed by atoms with Crippen molar-refractivity contribution >= 4 is 16.5 Å². The van der Waals surface area contributed by atoms with E-state index in [0.29, 0.717) is 13.0 Å². The number of nitrogens with zero attached hydrogens (tertiary/aromatic N) is 1. The van der Waals surface area contributed by atoms with E-state index in [-0.39, 0.29) is 6.61 Å². The number of benzene rings is 1. The van der Waals surface area contributed by atoms with Crippen molar-refractivity contribution in [3.63, 3.8) is 0 Å². The van der Waals surface area contributed by atoms with E-state index < -0.39 is 0 Å². The Hall–Kier alpha value is -1.59. The minimum absolute atomic E-state index is 0.175. The van der Waals surface area contributed by atoms with E-state index in [0.717, 1.165) is 34.3 Å². The predicted molar refractivity (Wildman–Crippen MR) is 82.5 cm³/mol. The molecule has 2 N–H and O–H groups in total. The third-order valence-corrected chi connectivity index (χ3v) is 3.71. The molecule has 0 saturated heterocycles. The lowest BCUT2D eigenvalue weighted by Gasteiger charge is -2.05. The molecule has 1 aromatic heterocycles. The highest BCUT2D eigenvalue weighted by atomic mass is 32.1. The molecule has 0 fully saturated rings. The van der Waals surface area contributed by atoms with Crippen LogP contribution in [0.1, 0.15) is 23.8 Å². The number of rotatable bonds is 8. The average Bonchev–Trinajstić information content (AvgIpc) is 2.93. The van der Waals surface area contributed by atoms with E-state index in [1.165, 1.54) is 0 Å². The molecule has 0 saturated carbocycles. The molecule has 1 heterocycles. The molecule has 2 aromatic rings. The normalized spacial score (nSPS) is 10.5. The highest BCUT2D eigenvalue weighted by molar-refractivity contribution is 7.15. The van der Waals surface area contributed by atoms with Gasteiger partial charge in [-0.05, 0) is 30.5 Å². The molecule has 0 unspecified atom stereocenters. The largest absolute Gasteiger partial charge is 0.488 e. The van der Waals surface area contributed by atoms with Gasteiger partial charge in [0.2, 0.25) is 0 Å². The molecule has 0 bridgehead atoms. The quantitative estimate of drug-likeness (QED) is 0.785. The summed E-state index contributed by atoms with van der Waals surface area (Å²) in [5, 5.41) is 13.1. The lowest BCUT2D eigenvalue weighted by molar-refractivity contribution is 0.298. The first-order valence-electron chi connectivity index (χ1n) is 6.83. The molecule has 4 nitrogen and oxygen atoms in total. The first-order chi connectivity index (χ1) is 9.81. The second-order valence-corrected chi connectivity index (χ2v) is 5.58. The average molecular weight is 292 g/mol. The highest BCUT2D eigenvalue weighted by Gasteiger charge is 2.02. The molecule has 0 aliphatic carbocycles. The van der Waals surface area contributed by atoms with Gasteiger partial charge in [0.25, 0.3) is 0 Å². The molecule has 0 spiro atoms. The van der Waals surface area contributed by atoms with Crippen molar-refractivity contribution in [2.24, 2.45) is 0 Å². The van der Waals surface area contributed by atoms with Crippen molar-refractivity contribution in [2.75, 3.05) is 18.5 Å². The van der Waals surface area contributed by atoms with E-state index in [4.69, 9.17) is 9.84 Å². The van der Waals surface area contributed by atoms with Crippen LogP contribution in [0.15, 0.2) is 30.5 Å². The summed E-state index contributed by atoms with van der Waals surface area (Å²) in [6, 6.07) is 7.82. The second kappa shape index (κ2) is 7.87. The lowest BCUT2D eigenvalue weighted by atomic mass is 10.1. The minimum Gasteiger partial charge on any atom is -0.488 e. The van der Waals surface area contributed by atoms with Gasteiger partial charge in [0.05, 0.1) is 4.88 Å². The number of aromatic nitrogens is 1. The van der Waals surface area contributed by atoms with Gasteiger partial charge in [-0.1, -0.05) is 30.4 Å². The van der Waals surface area contributed by atoms with Crippen molar-refractivity contribution in [1.29, 1.82) is 0 Å². The van der Waals surface area contributed by atoms with Gasteiger partial charge in [-0.15, -0.1) is 0 Å². The van der Waals surface area contributed by atoms with E-state index in [1.54, 1.807) is 11.3 Å². The topological polar surface area (TPSA) is 54.4 Å². The smallest absolute Gasteiger partial charge is 0.182 e. The predicted octanol–water partition coefficient (Wildman–Crippen LogP) is 3.08. The fraction of sp³-hybridized carbons (Fsp3) is 0.400. The van der Waals surface area contributed by atoms with Crippen molar-refractivity contribution in [2.45, 2.75) is 26.4 Å². The number of thiazole rings is 1. The monoisotopic (exact) mass is 292 g/mol. The van der Waals surface area contributed by atoms with E-state index in [2.05, 4.69) is 17.2 Å². The maximum absolute atomic E-state index is 8.86. The van der Waals surface area contributed by atoms with Crippen LogP contribution in [0.4, 0.5) is 5.13 Å². The summed E-state index contributed by atoms with van der Waals surface area (Å²) in [5.41, 5.74) is 1.11. The van der Waals surface area contributed by atoms with Gasteiger partial charge in [0.15, 0.2) is 5.13 Å². The molecular formula is C15H20N2O2S. The molecule has 0 atom stereocenters. The number of nitrogens with one attached hydrogen (secondary N) is 1. The van der Waals surface area contributed by atoms with Gasteiger partial charge >= 0.3 is 0 Å². The summed E-state index contributed by atoms with van der Waals surface area (Å²) in [6.45, 7) is 3.78. The maximum atomic E-state index is 8.86. The van der Waals surface area contributed by atoms with Crippen LogP contribution in [0, 0.1) is 0 Å². The van der Waals surface area contributed by atoms with Crippen LogP contribution in [0.25, 0.3) is 0 Å². The van der Waals surface area contributed by atoms with Crippen LogP contribution < -0.4 is 10.1 Å². The molecule has 1 aromatic carbocycles. The summed E-state index contributed by atoms with van der Waals surface area (Å²) in [6.07, 6.45) is 3.62. The third-order valence-electron chi connectivity index (χ3n) is 2.78. The zero-order valence-corrected chi connectivity index (χ0v) is 12.4. The van der Waals surface area contributed by atoms with Gasteiger partial charge in [0.1, 0.15) is 12.4 Å². The van der Waals surface area contributed by atoms with Gasteiger partial charge in [0, 0.05) is 19.3 Å². The lowest BCUT2D eigenvalue weighted by Crippen LogP contribution is -1.97. The zero-order chi connectivity index (χ0) is 14.2. The fourth-order valence-corrected chi connectivity index (χ4v) is 2.48. The Kier molecular flexibility index (Phi) is 5.83. The molecule has 5 heteroatoms. The Morgan fingerprint density at radius 1 is 1.30 bits per heavy atom. The standard InChI is InChI=1S/C15H20N2O2S/c1-2-8-16-15-17-10-14(20-15)11-19-13-5-3-12(4-6-13)7-9-18/h3-6,10,18H,2,7-9,11H2,1H3,(H,16,17). The molecular weight excluding hydrogens is 272 g/mol. The van der Waals surface area contributed by atoms with Crippen molar-refractivity contribution in [1.82, 2.24) is 4.98 Å². The fourth-order valence-electron chi connectivity index (χ4n) is 1.72. The number of hydrogen-bond acceptors (Lipinski definition) is 5. The number of ether oxygens (including phenoxy) is 1. The number of hydrogen-bond donors (Lipinski definition) is 2. The second-order valence-electron chi connectivity index (χ2n) is 4.46. The van der Waals surface area contributed by atoms with Gasteiger partial charge in [-0.3, -0.25) is 0 Å². The van der Waals surface area contributed by atoms with E-state index in [9.17, 15) is 0 Å². The number of anilines is 1. The van der Waals surface area contributed by atoms with Crippen LogP contribution in [-0.2, 0) is 13.0 Å². The third kappa shape index (κ3) is 4.51. The molecule has 0 aliphatic heterocycles. The Morgan fingerprint density at radius 3 is 2.80 bits per heavy atom. The van der Waals surface area contributed by atoms with Gasteiger partial charge in [-0.25, -0.2) is 4.98 Å². The first kappa shape index (κ1) is 14.8. The van der Waals surface area contributed by atoms with Crippen LogP contribution in [-0.4, -0.2) is 23.2 Å². The van der Waals surface area contributed by atoms with Crippen molar-refractivity contribution < 1.29 is 9.84 Å². The van der Waals surface area contributed by atoms with Crippen LogP contribution in [0.5, 0.6) is 5.75 Å². The van der Waals surface area contributed by atoms with Gasteiger partial charge in [-0.2, -0.15) is 0 Å². The van der Waals surface area contributed by atoms with E-state index in [1.807, 2.05) is 30.5 Å². The minimum atomic E-state index is 0.175. The van der Waals surface area contributed by atoms with Gasteiger partial charge < -0.3 is 15.2 Å². The molecule has 20 heavy (non-hydrogen) atoms. The number of aliphatic hydroxyl groups excluding tert-OH is 1. The summed E-state index contributed by atoms with van der Waals surface area (Å²) in [5.74, 6) is 0.836. The number of aliphatic hydroxyl groups is 1. The van der Waals surface area contributed by atoms with Crippen LogP contribution in [0.3, 0.4) is 0 Å². The maximum Gasteiger partial charge on any atom is 0.182 e. The Balaban J connectivity index is 1.83. The summed E-state index contributed by atoms with van der Waals surface area (Å²) < 4.78 is 5.72. The molecule has 0 aliphatic rings. The Morgan fingerprint density at radius 2 is 2.10 bits per heavy atom. The first-order valence-corrected chi connectivity index (χ1v) is 7.64. The molecule has 108 valence electrons. The summed E-state index contributed by atoms with van der Waals surface area (Å²) in [4.78, 5) is 5.40.